The lowest BCUT2D eigenvalue weighted by Gasteiger charge is -1.83. The van der Waals surface area contributed by atoms with E-state index in [1.807, 2.05) is 6.07 Å². The SMILES string of the molecule is [OH2+]c1ccc(I)cn1. The van der Waals surface area contributed by atoms with Crippen LogP contribution in [0.5, 0.6) is 5.88 Å². The third-order valence-corrected chi connectivity index (χ3v) is 1.37. The summed E-state index contributed by atoms with van der Waals surface area (Å²) in [4.78, 5) is 3.74. The van der Waals surface area contributed by atoms with Crippen molar-refractivity contribution in [3.63, 3.8) is 0 Å². The number of aromatic nitrogens is 1. The van der Waals surface area contributed by atoms with Crippen LogP contribution in [0.1, 0.15) is 0 Å². The van der Waals surface area contributed by atoms with Gasteiger partial charge in [-0.3, -0.25) is 0 Å². The van der Waals surface area contributed by atoms with Gasteiger partial charge in [0.05, 0.1) is 6.07 Å². The van der Waals surface area contributed by atoms with Crippen LogP contribution in [-0.4, -0.2) is 10.1 Å². The summed E-state index contributed by atoms with van der Waals surface area (Å²) in [6.07, 6.45) is 1.67. The van der Waals surface area contributed by atoms with Gasteiger partial charge in [0, 0.05) is 9.77 Å². The molecule has 2 N–H and O–H groups in total. The quantitative estimate of drug-likeness (QED) is 0.478. The lowest BCUT2D eigenvalue weighted by atomic mass is 10.5. The van der Waals surface area contributed by atoms with E-state index in [9.17, 15) is 0 Å². The van der Waals surface area contributed by atoms with Crippen molar-refractivity contribution in [1.29, 1.82) is 0 Å². The Kier molecular flexibility index (Phi) is 1.67. The summed E-state index contributed by atoms with van der Waals surface area (Å²) in [6.45, 7) is 0. The first-order valence-corrected chi connectivity index (χ1v) is 3.20. The molecule has 0 bridgehead atoms. The molecular weight excluding hydrogens is 217 g/mol. The number of rotatable bonds is 0. The standard InChI is InChI=1S/C5H4INO/c6-4-1-2-5(8)7-3-4/h1-3H,(H,7,8)/p+1. The van der Waals surface area contributed by atoms with E-state index in [4.69, 9.17) is 5.11 Å². The second kappa shape index (κ2) is 2.30. The number of nitrogens with zero attached hydrogens (tertiary/aromatic N) is 1. The first-order chi connectivity index (χ1) is 3.79. The minimum atomic E-state index is 0.324. The Labute approximate surface area is 60.7 Å². The number of halogens is 1. The molecule has 3 heteroatoms. The first-order valence-electron chi connectivity index (χ1n) is 2.12. The second-order valence-corrected chi connectivity index (χ2v) is 2.61. The average molecular weight is 222 g/mol. The summed E-state index contributed by atoms with van der Waals surface area (Å²) in [5.74, 6) is 0.324. The largest absolute Gasteiger partial charge is 0.579 e. The third kappa shape index (κ3) is 1.33. The smallest absolute Gasteiger partial charge is 0.356 e. The molecule has 42 valence electrons. The van der Waals surface area contributed by atoms with Gasteiger partial charge < -0.3 is 5.11 Å². The molecule has 1 heterocycles. The molecule has 0 unspecified atom stereocenters. The monoisotopic (exact) mass is 222 g/mol. The van der Waals surface area contributed by atoms with Gasteiger partial charge in [-0.25, -0.2) is 0 Å². The van der Waals surface area contributed by atoms with Crippen molar-refractivity contribution in [3.8, 4) is 5.88 Å². The van der Waals surface area contributed by atoms with Crippen LogP contribution in [0.3, 0.4) is 0 Å². The van der Waals surface area contributed by atoms with Crippen LogP contribution >= 0.6 is 22.6 Å². The van der Waals surface area contributed by atoms with Crippen LogP contribution in [0.2, 0.25) is 0 Å². The van der Waals surface area contributed by atoms with Crippen molar-refractivity contribution in [2.45, 2.75) is 0 Å². The van der Waals surface area contributed by atoms with Crippen LogP contribution in [0.15, 0.2) is 18.3 Å². The summed E-state index contributed by atoms with van der Waals surface area (Å²) >= 11 is 2.15. The predicted octanol–water partition coefficient (Wildman–Crippen LogP) is 1.12. The minimum Gasteiger partial charge on any atom is -0.579 e. The van der Waals surface area contributed by atoms with Crippen molar-refractivity contribution >= 4 is 22.6 Å². The van der Waals surface area contributed by atoms with E-state index in [0.29, 0.717) is 5.88 Å². The Hall–Kier alpha value is -0.320. The van der Waals surface area contributed by atoms with Crippen LogP contribution in [-0.2, 0) is 0 Å². The van der Waals surface area contributed by atoms with Gasteiger partial charge in [-0.15, -0.1) is 0 Å². The lowest BCUT2D eigenvalue weighted by Crippen LogP contribution is -1.72. The molecule has 0 aromatic carbocycles. The molecule has 0 aliphatic carbocycles. The number of hydrogen-bond donors (Lipinski definition) is 0. The molecule has 2 nitrogen and oxygen atoms in total. The van der Waals surface area contributed by atoms with Crippen LogP contribution in [0.4, 0.5) is 0 Å². The van der Waals surface area contributed by atoms with Crippen LogP contribution in [0.25, 0.3) is 0 Å². The average Bonchev–Trinajstić information content (AvgIpc) is 1.77. The summed E-state index contributed by atoms with van der Waals surface area (Å²) in [5, 5.41) is 6.98. The molecule has 0 saturated heterocycles. The molecule has 0 saturated carbocycles. The molecule has 0 aliphatic rings. The Bertz CT molecular complexity index is 151. The fourth-order valence-corrected chi connectivity index (χ4v) is 0.695. The third-order valence-electron chi connectivity index (χ3n) is 0.727. The summed E-state index contributed by atoms with van der Waals surface area (Å²) in [5.41, 5.74) is 0. The zero-order chi connectivity index (χ0) is 5.98. The van der Waals surface area contributed by atoms with Crippen molar-refractivity contribution < 1.29 is 5.11 Å². The highest BCUT2D eigenvalue weighted by Gasteiger charge is 1.89. The predicted molar refractivity (Wildman–Crippen MR) is 40.0 cm³/mol. The van der Waals surface area contributed by atoms with Crippen molar-refractivity contribution in [1.82, 2.24) is 4.98 Å². The van der Waals surface area contributed by atoms with Gasteiger partial charge in [0.25, 0.3) is 0 Å². The molecular formula is C5H5INO+. The Morgan fingerprint density at radius 1 is 1.50 bits per heavy atom. The van der Waals surface area contributed by atoms with Crippen molar-refractivity contribution in [3.05, 3.63) is 21.9 Å². The Morgan fingerprint density at radius 2 is 2.25 bits per heavy atom. The molecule has 1 aromatic rings. The topological polar surface area (TPSA) is 35.8 Å². The highest BCUT2D eigenvalue weighted by Crippen LogP contribution is 2.05. The van der Waals surface area contributed by atoms with E-state index < -0.39 is 0 Å². The molecule has 1 aromatic heterocycles. The highest BCUT2D eigenvalue weighted by atomic mass is 127. The molecule has 1 rings (SSSR count). The summed E-state index contributed by atoms with van der Waals surface area (Å²) in [6, 6.07) is 3.53. The normalized spacial score (nSPS) is 9.12. The van der Waals surface area contributed by atoms with Gasteiger partial charge in [-0.05, 0) is 28.7 Å². The van der Waals surface area contributed by atoms with E-state index in [1.54, 1.807) is 12.3 Å². The van der Waals surface area contributed by atoms with Crippen molar-refractivity contribution in [2.24, 2.45) is 0 Å². The minimum absolute atomic E-state index is 0.324. The zero-order valence-electron chi connectivity index (χ0n) is 4.06. The molecule has 0 amide bonds. The molecule has 0 spiro atoms. The van der Waals surface area contributed by atoms with Crippen LogP contribution in [0, 0.1) is 3.57 Å². The van der Waals surface area contributed by atoms with Gasteiger partial charge in [0.1, 0.15) is 0 Å². The maximum atomic E-state index is 6.98. The van der Waals surface area contributed by atoms with Gasteiger partial charge in [0.15, 0.2) is 0 Å². The summed E-state index contributed by atoms with van der Waals surface area (Å²) < 4.78 is 1.07. The van der Waals surface area contributed by atoms with Crippen LogP contribution < -0.4 is 0 Å². The highest BCUT2D eigenvalue weighted by molar-refractivity contribution is 14.1. The molecule has 0 aliphatic heterocycles. The van der Waals surface area contributed by atoms with E-state index in [1.165, 1.54) is 0 Å². The Balaban J connectivity index is 3.03. The fourth-order valence-electron chi connectivity index (χ4n) is 0.376. The maximum absolute atomic E-state index is 6.98. The summed E-state index contributed by atoms with van der Waals surface area (Å²) in [7, 11) is 0. The van der Waals surface area contributed by atoms with Gasteiger partial charge >= 0.3 is 5.88 Å². The van der Waals surface area contributed by atoms with E-state index in [0.717, 1.165) is 3.57 Å². The maximum Gasteiger partial charge on any atom is 0.356 e. The van der Waals surface area contributed by atoms with Gasteiger partial charge in [0.2, 0.25) is 0 Å². The van der Waals surface area contributed by atoms with E-state index in [-0.39, 0.29) is 0 Å². The lowest BCUT2D eigenvalue weighted by molar-refractivity contribution is 0.453. The number of hydrogen-bond acceptors (Lipinski definition) is 1. The first kappa shape index (κ1) is 5.81. The van der Waals surface area contributed by atoms with E-state index in [2.05, 4.69) is 27.6 Å². The molecule has 0 atom stereocenters. The van der Waals surface area contributed by atoms with Crippen molar-refractivity contribution in [2.75, 3.05) is 0 Å². The zero-order valence-corrected chi connectivity index (χ0v) is 6.21. The second-order valence-electron chi connectivity index (χ2n) is 1.36. The fraction of sp³-hybridized carbons (Fsp3) is 0. The molecule has 0 fully saturated rings. The molecule has 0 radical (unpaired) electrons. The van der Waals surface area contributed by atoms with E-state index >= 15 is 0 Å². The Morgan fingerprint density at radius 3 is 2.62 bits per heavy atom. The van der Waals surface area contributed by atoms with Gasteiger partial charge in [-0.2, -0.15) is 4.98 Å². The number of pyridine rings is 1. The molecule has 8 heavy (non-hydrogen) atoms. The van der Waals surface area contributed by atoms with Gasteiger partial charge in [-0.1, -0.05) is 0 Å².